The standard InChI is InChI=1S/C16H20N4O4/c1-5-20-9-10(14(19-20)16(22)17-2)18-15(21)13-11(23-3)7-6-8-12(13)24-4/h6-9H,5H2,1-4H3,(H,17,22)(H,18,21). The molecular formula is C16H20N4O4. The maximum Gasteiger partial charge on any atom is 0.273 e. The number of anilines is 1. The van der Waals surface area contributed by atoms with Crippen molar-refractivity contribution in [2.24, 2.45) is 0 Å². The van der Waals surface area contributed by atoms with E-state index in [9.17, 15) is 9.59 Å². The van der Waals surface area contributed by atoms with Crippen LogP contribution in [0.15, 0.2) is 24.4 Å². The molecule has 0 aliphatic heterocycles. The molecule has 0 atom stereocenters. The van der Waals surface area contributed by atoms with Gasteiger partial charge in [-0.15, -0.1) is 0 Å². The summed E-state index contributed by atoms with van der Waals surface area (Å²) in [5.41, 5.74) is 0.699. The van der Waals surface area contributed by atoms with E-state index >= 15 is 0 Å². The second kappa shape index (κ2) is 7.49. The number of ether oxygens (including phenoxy) is 2. The largest absolute Gasteiger partial charge is 0.496 e. The lowest BCUT2D eigenvalue weighted by molar-refractivity contribution is 0.0958. The number of aromatic nitrogens is 2. The smallest absolute Gasteiger partial charge is 0.273 e. The summed E-state index contributed by atoms with van der Waals surface area (Å²) in [7, 11) is 4.44. The van der Waals surface area contributed by atoms with E-state index in [1.807, 2.05) is 6.92 Å². The lowest BCUT2D eigenvalue weighted by atomic mass is 10.1. The topological polar surface area (TPSA) is 94.5 Å². The summed E-state index contributed by atoms with van der Waals surface area (Å²) in [4.78, 5) is 24.6. The van der Waals surface area contributed by atoms with Gasteiger partial charge in [0, 0.05) is 19.8 Å². The molecule has 2 N–H and O–H groups in total. The van der Waals surface area contributed by atoms with Crippen molar-refractivity contribution in [1.29, 1.82) is 0 Å². The average molecular weight is 332 g/mol. The Bertz CT molecular complexity index is 732. The van der Waals surface area contributed by atoms with Crippen LogP contribution in [0.1, 0.15) is 27.8 Å². The zero-order valence-electron chi connectivity index (χ0n) is 14.0. The van der Waals surface area contributed by atoms with Gasteiger partial charge in [-0.2, -0.15) is 5.10 Å². The van der Waals surface area contributed by atoms with Crippen molar-refractivity contribution in [3.8, 4) is 11.5 Å². The summed E-state index contributed by atoms with van der Waals surface area (Å²) < 4.78 is 12.0. The van der Waals surface area contributed by atoms with E-state index in [4.69, 9.17) is 9.47 Å². The molecule has 0 spiro atoms. The van der Waals surface area contributed by atoms with Crippen molar-refractivity contribution in [2.45, 2.75) is 13.5 Å². The molecule has 8 nitrogen and oxygen atoms in total. The molecule has 2 aromatic rings. The highest BCUT2D eigenvalue weighted by Gasteiger charge is 2.22. The molecule has 0 fully saturated rings. The fraction of sp³-hybridized carbons (Fsp3) is 0.312. The van der Waals surface area contributed by atoms with Gasteiger partial charge in [-0.25, -0.2) is 0 Å². The summed E-state index contributed by atoms with van der Waals surface area (Å²) in [6.07, 6.45) is 1.60. The number of amides is 2. The van der Waals surface area contributed by atoms with Crippen LogP contribution >= 0.6 is 0 Å². The number of carbonyl (C=O) groups is 2. The Morgan fingerprint density at radius 2 is 1.79 bits per heavy atom. The zero-order chi connectivity index (χ0) is 17.7. The van der Waals surface area contributed by atoms with Crippen molar-refractivity contribution in [3.05, 3.63) is 35.7 Å². The van der Waals surface area contributed by atoms with E-state index in [1.165, 1.54) is 21.3 Å². The van der Waals surface area contributed by atoms with Crippen molar-refractivity contribution in [2.75, 3.05) is 26.6 Å². The number of benzene rings is 1. The molecule has 2 rings (SSSR count). The highest BCUT2D eigenvalue weighted by atomic mass is 16.5. The Labute approximate surface area is 139 Å². The Hall–Kier alpha value is -3.03. The minimum absolute atomic E-state index is 0.140. The van der Waals surface area contributed by atoms with Crippen LogP contribution in [0, 0.1) is 0 Å². The first-order chi connectivity index (χ1) is 11.5. The Balaban J connectivity index is 2.40. The van der Waals surface area contributed by atoms with Crippen LogP contribution in [0.2, 0.25) is 0 Å². The molecule has 1 aromatic heterocycles. The molecule has 0 radical (unpaired) electrons. The van der Waals surface area contributed by atoms with Gasteiger partial charge < -0.3 is 20.1 Å². The van der Waals surface area contributed by atoms with Crippen LogP contribution in [-0.2, 0) is 6.54 Å². The van der Waals surface area contributed by atoms with E-state index in [0.717, 1.165) is 0 Å². The Morgan fingerprint density at radius 1 is 1.17 bits per heavy atom. The van der Waals surface area contributed by atoms with E-state index in [1.54, 1.807) is 29.1 Å². The second-order valence-corrected chi connectivity index (χ2v) is 4.82. The monoisotopic (exact) mass is 332 g/mol. The van der Waals surface area contributed by atoms with Gasteiger partial charge in [0.15, 0.2) is 5.69 Å². The third-order valence-electron chi connectivity index (χ3n) is 3.43. The number of methoxy groups -OCH3 is 2. The van der Waals surface area contributed by atoms with Crippen molar-refractivity contribution < 1.29 is 19.1 Å². The highest BCUT2D eigenvalue weighted by molar-refractivity contribution is 6.10. The highest BCUT2D eigenvalue weighted by Crippen LogP contribution is 2.29. The molecular weight excluding hydrogens is 312 g/mol. The summed E-state index contributed by atoms with van der Waals surface area (Å²) in [6, 6.07) is 5.04. The van der Waals surface area contributed by atoms with Crippen molar-refractivity contribution >= 4 is 17.5 Å². The van der Waals surface area contributed by atoms with Gasteiger partial charge in [-0.1, -0.05) is 6.07 Å². The minimum atomic E-state index is -0.454. The summed E-state index contributed by atoms with van der Waals surface area (Å²) in [5, 5.41) is 9.36. The van der Waals surface area contributed by atoms with Gasteiger partial charge >= 0.3 is 0 Å². The Morgan fingerprint density at radius 3 is 2.29 bits per heavy atom. The average Bonchev–Trinajstić information content (AvgIpc) is 3.02. The van der Waals surface area contributed by atoms with Crippen LogP contribution in [-0.4, -0.2) is 42.9 Å². The normalized spacial score (nSPS) is 10.2. The fourth-order valence-electron chi connectivity index (χ4n) is 2.22. The molecule has 0 unspecified atom stereocenters. The van der Waals surface area contributed by atoms with E-state index in [0.29, 0.717) is 23.7 Å². The SMILES string of the molecule is CCn1cc(NC(=O)c2c(OC)cccc2OC)c(C(=O)NC)n1. The van der Waals surface area contributed by atoms with Crippen LogP contribution < -0.4 is 20.1 Å². The Kier molecular flexibility index (Phi) is 5.41. The van der Waals surface area contributed by atoms with Gasteiger partial charge in [-0.3, -0.25) is 14.3 Å². The number of rotatable bonds is 6. The molecule has 24 heavy (non-hydrogen) atoms. The van der Waals surface area contributed by atoms with Crippen LogP contribution in [0.5, 0.6) is 11.5 Å². The van der Waals surface area contributed by atoms with Gasteiger partial charge in [0.1, 0.15) is 17.1 Å². The van der Waals surface area contributed by atoms with Gasteiger partial charge in [0.2, 0.25) is 0 Å². The minimum Gasteiger partial charge on any atom is -0.496 e. The molecule has 0 saturated carbocycles. The first-order valence-corrected chi connectivity index (χ1v) is 7.37. The van der Waals surface area contributed by atoms with Gasteiger partial charge in [-0.05, 0) is 19.1 Å². The predicted octanol–water partition coefficient (Wildman–Crippen LogP) is 1.53. The second-order valence-electron chi connectivity index (χ2n) is 4.82. The van der Waals surface area contributed by atoms with Crippen LogP contribution in [0.3, 0.4) is 0 Å². The number of nitrogens with one attached hydrogen (secondary N) is 2. The fourth-order valence-corrected chi connectivity index (χ4v) is 2.22. The maximum atomic E-state index is 12.7. The molecule has 0 bridgehead atoms. The molecule has 0 saturated heterocycles. The van der Waals surface area contributed by atoms with Crippen LogP contribution in [0.25, 0.3) is 0 Å². The molecule has 0 aliphatic carbocycles. The number of aryl methyl sites for hydroxylation is 1. The summed E-state index contributed by atoms with van der Waals surface area (Å²) in [6.45, 7) is 2.45. The van der Waals surface area contributed by atoms with E-state index in [2.05, 4.69) is 15.7 Å². The third-order valence-corrected chi connectivity index (χ3v) is 3.43. The van der Waals surface area contributed by atoms with Crippen molar-refractivity contribution in [3.63, 3.8) is 0 Å². The molecule has 2 amide bonds. The number of nitrogens with zero attached hydrogens (tertiary/aromatic N) is 2. The molecule has 8 heteroatoms. The lowest BCUT2D eigenvalue weighted by Gasteiger charge is -2.12. The summed E-state index contributed by atoms with van der Waals surface area (Å²) in [5.74, 6) is -0.0953. The molecule has 1 aromatic carbocycles. The van der Waals surface area contributed by atoms with Gasteiger partial charge in [0.05, 0.1) is 19.9 Å². The van der Waals surface area contributed by atoms with Gasteiger partial charge in [0.25, 0.3) is 11.8 Å². The number of hydrogen-bond donors (Lipinski definition) is 2. The maximum absolute atomic E-state index is 12.7. The van der Waals surface area contributed by atoms with Crippen LogP contribution in [0.4, 0.5) is 5.69 Å². The molecule has 128 valence electrons. The quantitative estimate of drug-likeness (QED) is 0.836. The zero-order valence-corrected chi connectivity index (χ0v) is 14.0. The van der Waals surface area contributed by atoms with Crippen molar-refractivity contribution in [1.82, 2.24) is 15.1 Å². The predicted molar refractivity (Wildman–Crippen MR) is 88.8 cm³/mol. The first kappa shape index (κ1) is 17.3. The molecule has 0 aliphatic rings. The van der Waals surface area contributed by atoms with E-state index in [-0.39, 0.29) is 17.2 Å². The summed E-state index contributed by atoms with van der Waals surface area (Å²) >= 11 is 0. The number of hydrogen-bond acceptors (Lipinski definition) is 5. The first-order valence-electron chi connectivity index (χ1n) is 7.37. The van der Waals surface area contributed by atoms with E-state index < -0.39 is 5.91 Å². The lowest BCUT2D eigenvalue weighted by Crippen LogP contribution is -2.22. The molecule has 1 heterocycles. The number of carbonyl (C=O) groups excluding carboxylic acids is 2. The third kappa shape index (κ3) is 3.32.